The van der Waals surface area contributed by atoms with E-state index >= 15 is 0 Å². The highest BCUT2D eigenvalue weighted by Gasteiger charge is 2.42. The molecule has 6 aromatic rings. The highest BCUT2D eigenvalue weighted by Crippen LogP contribution is 2.41. The van der Waals surface area contributed by atoms with E-state index < -0.39 is 63.5 Å². The van der Waals surface area contributed by atoms with Crippen LogP contribution in [0.4, 0.5) is 8.78 Å². The number of benzene rings is 3. The first-order valence-electron chi connectivity index (χ1n) is 38.5. The van der Waals surface area contributed by atoms with Gasteiger partial charge in [0.2, 0.25) is 0 Å². The number of nitrogens with one attached hydrogen (secondary N) is 3. The number of hydrogen-bond donors (Lipinski definition) is 3. The van der Waals surface area contributed by atoms with Gasteiger partial charge in [-0.3, -0.25) is 44.4 Å². The Kier molecular flexibility index (Phi) is 27.2. The van der Waals surface area contributed by atoms with E-state index in [1.165, 1.54) is 30.4 Å². The quantitative estimate of drug-likeness (QED) is 0.0446. The molecule has 3 aromatic carbocycles. The van der Waals surface area contributed by atoms with Crippen molar-refractivity contribution in [3.8, 4) is 17.2 Å². The lowest BCUT2D eigenvalue weighted by atomic mass is 9.82. The van der Waals surface area contributed by atoms with Crippen LogP contribution in [0.3, 0.4) is 0 Å². The summed E-state index contributed by atoms with van der Waals surface area (Å²) >= 11 is 0. The van der Waals surface area contributed by atoms with E-state index in [0.29, 0.717) is 61.1 Å². The Bertz CT molecular complexity index is 4320. The lowest BCUT2D eigenvalue weighted by Crippen LogP contribution is -2.45. The van der Waals surface area contributed by atoms with Gasteiger partial charge in [0.05, 0.1) is 18.3 Å². The summed E-state index contributed by atoms with van der Waals surface area (Å²) in [5.41, 5.74) is 6.57. The Hall–Kier alpha value is -9.57. The Morgan fingerprint density at radius 2 is 0.727 bits per heavy atom. The van der Waals surface area contributed by atoms with Crippen molar-refractivity contribution in [1.82, 2.24) is 64.9 Å². The summed E-state index contributed by atoms with van der Waals surface area (Å²) in [6, 6.07) is 16.4. The fourth-order valence-corrected chi connectivity index (χ4v) is 15.2. The van der Waals surface area contributed by atoms with E-state index in [9.17, 15) is 37.5 Å². The zero-order chi connectivity index (χ0) is 79.5. The number of piperidine rings is 1. The normalized spacial score (nSPS) is 17.8. The van der Waals surface area contributed by atoms with Crippen molar-refractivity contribution in [1.29, 1.82) is 0 Å². The third-order valence-corrected chi connectivity index (χ3v) is 20.4. The maximum atomic E-state index is 15.0. The maximum Gasteiger partial charge on any atom is 0.342 e. The molecule has 9 heterocycles. The number of carbonyl (C=O) groups is 6. The van der Waals surface area contributed by atoms with E-state index in [1.54, 1.807) is 88.0 Å². The maximum absolute atomic E-state index is 15.0. The van der Waals surface area contributed by atoms with Gasteiger partial charge in [0.25, 0.3) is 17.7 Å². The number of H-pyrrole nitrogens is 3. The van der Waals surface area contributed by atoms with Crippen LogP contribution in [0.15, 0.2) is 79.3 Å². The summed E-state index contributed by atoms with van der Waals surface area (Å²) in [7, 11) is 2.15. The molecule has 3 amide bonds. The van der Waals surface area contributed by atoms with E-state index in [4.69, 9.17) is 28.4 Å². The molecule has 0 aliphatic carbocycles. The van der Waals surface area contributed by atoms with Gasteiger partial charge in [-0.2, -0.15) is 15.3 Å². The average Bonchev–Trinajstić information content (AvgIpc) is 1.63. The number of aromatic amines is 3. The number of esters is 3. The summed E-state index contributed by atoms with van der Waals surface area (Å²) in [5, 5.41) is 22.1. The summed E-state index contributed by atoms with van der Waals surface area (Å²) in [5.74, 6) is -3.60. The van der Waals surface area contributed by atoms with Gasteiger partial charge in [-0.25, -0.2) is 23.2 Å². The number of carbonyl (C=O) groups excluding carboxylic acids is 6. The van der Waals surface area contributed by atoms with Crippen LogP contribution in [0.2, 0.25) is 0 Å². The summed E-state index contributed by atoms with van der Waals surface area (Å²) in [4.78, 5) is 93.5. The lowest BCUT2D eigenvalue weighted by molar-refractivity contribution is -0.141. The third kappa shape index (κ3) is 20.5. The van der Waals surface area contributed by atoms with Gasteiger partial charge in [-0.05, 0) is 182 Å². The third-order valence-electron chi connectivity index (χ3n) is 20.4. The van der Waals surface area contributed by atoms with Gasteiger partial charge >= 0.3 is 17.9 Å². The van der Waals surface area contributed by atoms with Crippen LogP contribution in [0, 0.1) is 32.4 Å². The number of aryl methyl sites for hydroxylation is 3. The molecule has 6 aliphatic rings. The first-order valence-corrected chi connectivity index (χ1v) is 38.5. The van der Waals surface area contributed by atoms with Crippen molar-refractivity contribution in [3.05, 3.63) is 158 Å². The van der Waals surface area contributed by atoms with E-state index in [1.807, 2.05) is 58.9 Å². The zero-order valence-corrected chi connectivity index (χ0v) is 66.9. The molecule has 0 atom stereocenters. The van der Waals surface area contributed by atoms with Gasteiger partial charge in [0.1, 0.15) is 65.1 Å². The van der Waals surface area contributed by atoms with Gasteiger partial charge in [-0.1, -0.05) is 48.0 Å². The molecule has 3 N–H and O–H groups in total. The summed E-state index contributed by atoms with van der Waals surface area (Å²) in [6.07, 6.45) is 9.50. The lowest BCUT2D eigenvalue weighted by Gasteiger charge is -2.32. The van der Waals surface area contributed by atoms with Crippen LogP contribution < -0.4 is 14.2 Å². The zero-order valence-electron chi connectivity index (χ0n) is 66.9. The molecule has 0 radical (unpaired) electrons. The Labute approximate surface area is 645 Å². The molecule has 0 unspecified atom stereocenters. The molecule has 27 heteroatoms. The first kappa shape index (κ1) is 82.9. The number of likely N-dealkylation sites (tertiary alicyclic amines) is 2. The number of piperazine rings is 1. The highest BCUT2D eigenvalue weighted by molar-refractivity contribution is 6.19. The fourth-order valence-electron chi connectivity index (χ4n) is 15.2. The number of ether oxygens (including phenoxy) is 6. The fraction of sp³-hybridized carbons (Fsp3) is 0.530. The minimum Gasteiger partial charge on any atom is -0.492 e. The van der Waals surface area contributed by atoms with Gasteiger partial charge in [0.15, 0.2) is 17.4 Å². The average molecular weight is 1520 g/mol. The predicted octanol–water partition coefficient (Wildman–Crippen LogP) is 11.6. The minimum absolute atomic E-state index is 0.0931. The molecule has 25 nitrogen and oxygen atoms in total. The van der Waals surface area contributed by atoms with Crippen LogP contribution in [0.25, 0.3) is 16.7 Å². The van der Waals surface area contributed by atoms with Gasteiger partial charge < -0.3 is 48.0 Å². The van der Waals surface area contributed by atoms with Crippen molar-refractivity contribution in [2.24, 2.45) is 0 Å². The SMILES string of the molecule is Cc1[nH]nc2c1C(C)(C)CN(C(=O)c1cc(F)c(OCCN3CCCCC3)c(F)c1)C=C2C(=O)OC(C)C.Cc1[nH]nc2c1C(C)(C)CN(C(=O)c1ccc(OCCN3CCCC3)cc1)C=C2C(=O)OC(C)C.Cc1[nH]nc2c1C(C)(C)CN(C(=O)c1ccc(OCCN3CCN(C)CC3)cc1)C=C2C(=O)OC(C)C. The molecule has 12 rings (SSSR count). The molecular weight excluding hydrogens is 1410 g/mol. The van der Waals surface area contributed by atoms with Crippen LogP contribution in [-0.2, 0) is 44.8 Å². The van der Waals surface area contributed by atoms with Crippen molar-refractivity contribution in [2.45, 2.75) is 171 Å². The summed E-state index contributed by atoms with van der Waals surface area (Å²) in [6.45, 7) is 41.5. The number of fused-ring (bicyclic) bond motifs is 3. The minimum atomic E-state index is -0.950. The molecule has 3 fully saturated rings. The monoisotopic (exact) mass is 1520 g/mol. The van der Waals surface area contributed by atoms with Crippen molar-refractivity contribution in [2.75, 3.05) is 118 Å². The number of amides is 3. The molecule has 0 bridgehead atoms. The molecule has 3 aromatic heterocycles. The molecule has 110 heavy (non-hydrogen) atoms. The smallest absolute Gasteiger partial charge is 0.342 e. The Morgan fingerprint density at radius 1 is 0.427 bits per heavy atom. The molecule has 0 spiro atoms. The van der Waals surface area contributed by atoms with E-state index in [2.05, 4.69) is 84.9 Å². The van der Waals surface area contributed by atoms with E-state index in [-0.39, 0.29) is 59.5 Å². The van der Waals surface area contributed by atoms with Crippen molar-refractivity contribution in [3.63, 3.8) is 0 Å². The largest absolute Gasteiger partial charge is 0.492 e. The molecule has 594 valence electrons. The van der Waals surface area contributed by atoms with Crippen molar-refractivity contribution >= 4 is 52.3 Å². The number of nitrogens with zero attached hydrogens (tertiary/aromatic N) is 10. The van der Waals surface area contributed by atoms with Crippen molar-refractivity contribution < 1.29 is 66.0 Å². The molecular formula is C83H111F2N13O12. The standard InChI is InChI=1S/C28H36F2N4O4.C28H39N5O4.C27H36N4O4/c1-17(2)38-27(36)20-15-34(16-28(4,5)23-18(3)31-32-24(20)23)26(35)19-13-21(29)25(22(30)14-19)37-12-11-33-9-7-6-8-10-33;1-19(2)37-27(35)23-17-33(18-28(4,5)24-20(3)29-30-25(23)24)26(34)21-7-9-22(10-8-21)36-16-15-32-13-11-31(6)12-14-32;1-18(2)35-26(33)22-16-31(17-27(4,5)23-19(3)28-29-24(22)23)25(32)20-8-10-21(11-9-20)34-15-14-30-12-6-7-13-30/h13-15,17H,6-12,16H2,1-5H3,(H,31,32);7-10,17,19H,11-16,18H2,1-6H3,(H,29,30);8-11,16,18H,6-7,12-15,17H2,1-5H3,(H,28,29). The van der Waals surface area contributed by atoms with E-state index in [0.717, 1.165) is 136 Å². The highest BCUT2D eigenvalue weighted by atomic mass is 19.1. The van der Waals surface area contributed by atoms with Crippen LogP contribution >= 0.6 is 0 Å². The number of likely N-dealkylation sites (N-methyl/N-ethyl adjacent to an activating group) is 1. The number of aromatic nitrogens is 6. The molecule has 3 saturated heterocycles. The van der Waals surface area contributed by atoms with Crippen LogP contribution in [-0.4, -0.2) is 237 Å². The second-order valence-corrected chi connectivity index (χ2v) is 32.1. The van der Waals surface area contributed by atoms with Gasteiger partial charge in [-0.15, -0.1) is 0 Å². The topological polar surface area (TPSA) is 267 Å². The van der Waals surface area contributed by atoms with Crippen LogP contribution in [0.1, 0.15) is 197 Å². The predicted molar refractivity (Wildman–Crippen MR) is 415 cm³/mol. The first-order chi connectivity index (χ1) is 52.2. The Morgan fingerprint density at radius 3 is 1.05 bits per heavy atom. The number of rotatable bonds is 21. The molecule has 6 aliphatic heterocycles. The Balaban J connectivity index is 0.000000176. The second kappa shape index (κ2) is 36.1. The summed E-state index contributed by atoms with van der Waals surface area (Å²) < 4.78 is 63.5. The second-order valence-electron chi connectivity index (χ2n) is 32.1. The van der Waals surface area contributed by atoms with Crippen LogP contribution in [0.5, 0.6) is 17.2 Å². The van der Waals surface area contributed by atoms with Gasteiger partial charge in [0, 0.05) is 151 Å². The molecule has 0 saturated carbocycles. The number of halogens is 2. The number of hydrogen-bond acceptors (Lipinski definition) is 19.